The zero-order valence-electron chi connectivity index (χ0n) is 31.5. The average molecular weight is 742 g/mol. The van der Waals surface area contributed by atoms with Gasteiger partial charge in [-0.05, 0) is 81.6 Å². The van der Waals surface area contributed by atoms with Gasteiger partial charge < -0.3 is 28.6 Å². The monoisotopic (exact) mass is 741 g/mol. The van der Waals surface area contributed by atoms with Crippen LogP contribution >= 0.6 is 0 Å². The number of rotatable bonds is 14. The summed E-state index contributed by atoms with van der Waals surface area (Å²) in [5.74, 6) is -0.732. The molecule has 3 aliphatic heterocycles. The second kappa shape index (κ2) is 16.4. The van der Waals surface area contributed by atoms with Crippen LogP contribution < -0.4 is 20.3 Å². The fourth-order valence-electron chi connectivity index (χ4n) is 7.52. The van der Waals surface area contributed by atoms with Gasteiger partial charge in [0.1, 0.15) is 17.5 Å². The first-order chi connectivity index (χ1) is 25.9. The van der Waals surface area contributed by atoms with E-state index in [1.807, 2.05) is 32.4 Å². The molecule has 14 heteroatoms. The van der Waals surface area contributed by atoms with E-state index >= 15 is 0 Å². The molecular weight excluding hydrogens is 694 g/mol. The number of nitrogens with one attached hydrogen (secondary N) is 1. The Labute approximate surface area is 313 Å². The summed E-state index contributed by atoms with van der Waals surface area (Å²) in [6.45, 7) is 2.23. The molecule has 1 N–H and O–H groups in total. The van der Waals surface area contributed by atoms with E-state index in [-0.39, 0.29) is 42.0 Å². The first-order valence-corrected chi connectivity index (χ1v) is 18.2. The van der Waals surface area contributed by atoms with Crippen LogP contribution in [0.15, 0.2) is 41.3 Å². The molecule has 0 aliphatic carbocycles. The number of ether oxygens (including phenoxy) is 3. The van der Waals surface area contributed by atoms with E-state index in [1.54, 1.807) is 48.9 Å². The number of aryl methyl sites for hydroxylation is 2. The minimum absolute atomic E-state index is 0.0345. The van der Waals surface area contributed by atoms with Gasteiger partial charge in [0.05, 0.1) is 31.9 Å². The number of pyridine rings is 1. The summed E-state index contributed by atoms with van der Waals surface area (Å²) in [6.07, 6.45) is 4.63. The molecule has 1 unspecified atom stereocenters. The lowest BCUT2D eigenvalue weighted by Crippen LogP contribution is -2.54. The highest BCUT2D eigenvalue weighted by Crippen LogP contribution is 2.39. The highest BCUT2D eigenvalue weighted by Gasteiger charge is 2.44. The molecule has 1 atom stereocenters. The van der Waals surface area contributed by atoms with Gasteiger partial charge in [-0.2, -0.15) is 0 Å². The van der Waals surface area contributed by atoms with E-state index in [1.165, 1.54) is 0 Å². The number of carbonyl (C=O) groups is 5. The fraction of sp³-hybridized carbons (Fsp3) is 0.450. The van der Waals surface area contributed by atoms with Crippen LogP contribution in [-0.4, -0.2) is 103 Å². The summed E-state index contributed by atoms with van der Waals surface area (Å²) in [4.78, 5) is 81.3. The molecule has 4 heterocycles. The zero-order valence-corrected chi connectivity index (χ0v) is 31.5. The van der Waals surface area contributed by atoms with Crippen molar-refractivity contribution in [3.05, 3.63) is 80.3 Å². The highest BCUT2D eigenvalue weighted by molar-refractivity contribution is 6.23. The number of carbonyl (C=O) groups excluding carboxylic acids is 5. The summed E-state index contributed by atoms with van der Waals surface area (Å²) >= 11 is 0. The minimum Gasteiger partial charge on any atom is -0.496 e. The van der Waals surface area contributed by atoms with Crippen molar-refractivity contribution in [2.75, 3.05) is 48.1 Å². The molecule has 0 saturated carbocycles. The maximum Gasteiger partial charge on any atom is 0.262 e. The van der Waals surface area contributed by atoms with Crippen LogP contribution in [0.25, 0.3) is 11.1 Å². The Hall–Kier alpha value is -5.34. The van der Waals surface area contributed by atoms with Gasteiger partial charge in [-0.15, -0.1) is 0 Å². The Kier molecular flexibility index (Phi) is 11.6. The van der Waals surface area contributed by atoms with Gasteiger partial charge in [0.25, 0.3) is 17.4 Å². The van der Waals surface area contributed by atoms with Crippen LogP contribution in [0, 0.1) is 0 Å². The Balaban J connectivity index is 0.997. The van der Waals surface area contributed by atoms with E-state index < -0.39 is 29.7 Å². The molecule has 1 fully saturated rings. The first kappa shape index (κ1) is 38.4. The largest absolute Gasteiger partial charge is 0.496 e. The molecular formula is C40H47N5O9. The lowest BCUT2D eigenvalue weighted by molar-refractivity contribution is -0.136. The minimum atomic E-state index is -0.999. The van der Waals surface area contributed by atoms with E-state index in [0.29, 0.717) is 69.7 Å². The molecule has 1 saturated heterocycles. The van der Waals surface area contributed by atoms with E-state index in [9.17, 15) is 28.8 Å². The average Bonchev–Trinajstić information content (AvgIpc) is 3.39. The van der Waals surface area contributed by atoms with Crippen LogP contribution in [0.5, 0.6) is 11.5 Å². The smallest absolute Gasteiger partial charge is 0.262 e. The third kappa shape index (κ3) is 7.80. The molecule has 286 valence electrons. The number of piperidine rings is 1. The van der Waals surface area contributed by atoms with Gasteiger partial charge in [0.15, 0.2) is 0 Å². The van der Waals surface area contributed by atoms with E-state index in [2.05, 4.69) is 10.2 Å². The third-order valence-electron chi connectivity index (χ3n) is 10.2. The van der Waals surface area contributed by atoms with Crippen LogP contribution in [0.1, 0.15) is 75.1 Å². The molecule has 14 nitrogen and oxygen atoms in total. The van der Waals surface area contributed by atoms with Crippen LogP contribution in [0.2, 0.25) is 0 Å². The number of hydrogen-bond donors (Lipinski definition) is 1. The number of hydrogen-bond acceptors (Lipinski definition) is 10. The molecule has 3 aromatic rings. The van der Waals surface area contributed by atoms with Gasteiger partial charge in [0.2, 0.25) is 17.7 Å². The second-order valence-electron chi connectivity index (χ2n) is 14.2. The Morgan fingerprint density at radius 2 is 1.61 bits per heavy atom. The predicted octanol–water partition coefficient (Wildman–Crippen LogP) is 2.85. The summed E-state index contributed by atoms with van der Waals surface area (Å²) in [6, 6.07) is 8.02. The van der Waals surface area contributed by atoms with Gasteiger partial charge in [-0.1, -0.05) is 6.07 Å². The van der Waals surface area contributed by atoms with Gasteiger partial charge >= 0.3 is 0 Å². The van der Waals surface area contributed by atoms with Crippen LogP contribution in [0.3, 0.4) is 0 Å². The lowest BCUT2D eigenvalue weighted by Gasteiger charge is -2.30. The van der Waals surface area contributed by atoms with Crippen molar-refractivity contribution >= 4 is 29.5 Å². The van der Waals surface area contributed by atoms with Crippen molar-refractivity contribution in [2.24, 2.45) is 7.05 Å². The number of imide groups is 2. The maximum absolute atomic E-state index is 13.4. The summed E-state index contributed by atoms with van der Waals surface area (Å²) in [7, 11) is 8.97. The fourth-order valence-corrected chi connectivity index (χ4v) is 7.52. The topological polar surface area (TPSA) is 157 Å². The van der Waals surface area contributed by atoms with E-state index in [0.717, 1.165) is 38.5 Å². The number of fused-ring (bicyclic) bond motifs is 2. The molecule has 0 bridgehead atoms. The number of nitrogens with zero attached hydrogens (tertiary/aromatic N) is 4. The van der Waals surface area contributed by atoms with Crippen LogP contribution in [0.4, 0.5) is 0 Å². The molecule has 0 radical (unpaired) electrons. The Bertz CT molecular complexity index is 2060. The number of benzene rings is 2. The van der Waals surface area contributed by atoms with Gasteiger partial charge in [0, 0.05) is 74.6 Å². The molecule has 6 rings (SSSR count). The van der Waals surface area contributed by atoms with Gasteiger partial charge in [-0.3, -0.25) is 39.0 Å². The normalized spacial score (nSPS) is 16.8. The highest BCUT2D eigenvalue weighted by atomic mass is 16.5. The Morgan fingerprint density at radius 1 is 0.870 bits per heavy atom. The van der Waals surface area contributed by atoms with Crippen molar-refractivity contribution in [3.8, 4) is 22.6 Å². The van der Waals surface area contributed by atoms with Gasteiger partial charge in [-0.25, -0.2) is 0 Å². The van der Waals surface area contributed by atoms with Crippen molar-refractivity contribution in [1.29, 1.82) is 0 Å². The second-order valence-corrected chi connectivity index (χ2v) is 14.2. The predicted molar refractivity (Wildman–Crippen MR) is 198 cm³/mol. The zero-order chi connectivity index (χ0) is 38.7. The molecule has 3 aliphatic rings. The molecule has 0 spiro atoms. The van der Waals surface area contributed by atoms with Crippen molar-refractivity contribution in [1.82, 2.24) is 24.6 Å². The summed E-state index contributed by atoms with van der Waals surface area (Å²) in [5.41, 5.74) is 5.45. The molecule has 54 heavy (non-hydrogen) atoms. The first-order valence-electron chi connectivity index (χ1n) is 18.2. The maximum atomic E-state index is 13.4. The lowest BCUT2D eigenvalue weighted by atomic mass is 9.91. The number of aromatic nitrogens is 1. The SMILES string of the molecule is COc1cc(-c2cn(C)c(=O)c3c2CCN(C(=O)CCCOCCCc2ccc4c(c2)C(=O)N(C2CCC(=O)NC2=O)C4=O)C3)c(OC)cc1CN(C)C. The third-order valence-corrected chi connectivity index (χ3v) is 10.2. The Morgan fingerprint density at radius 3 is 2.33 bits per heavy atom. The van der Waals surface area contributed by atoms with Crippen molar-refractivity contribution in [2.45, 2.75) is 64.1 Å². The molecule has 5 amide bonds. The number of amides is 5. The van der Waals surface area contributed by atoms with Crippen LogP contribution in [-0.2, 0) is 52.1 Å². The molecule has 2 aromatic carbocycles. The quantitative estimate of drug-likeness (QED) is 0.193. The standard InChI is InChI=1S/C40H47N5O9/c1-42(2)21-25-19-34(53-5)28(20-33(25)52-4)30-22-43(3)38(49)31-23-44(15-14-26(30)31)36(47)9-7-17-54-16-6-8-24-10-11-27-29(18-24)40(51)45(39(27)50)32-12-13-35(46)41-37(32)48/h10-11,18-20,22,32H,6-9,12-17,21,23H2,1-5H3,(H,41,46,48). The van der Waals surface area contributed by atoms with E-state index in [4.69, 9.17) is 14.2 Å². The van der Waals surface area contributed by atoms with Crippen molar-refractivity contribution < 1.29 is 38.2 Å². The summed E-state index contributed by atoms with van der Waals surface area (Å²) < 4.78 is 18.9. The van der Waals surface area contributed by atoms with Crippen molar-refractivity contribution in [3.63, 3.8) is 0 Å². The molecule has 1 aromatic heterocycles. The summed E-state index contributed by atoms with van der Waals surface area (Å²) in [5, 5.41) is 2.20. The number of methoxy groups -OCH3 is 2.